The number of nitrogens with zero attached hydrogens (tertiary/aromatic N) is 1. The molecule has 1 aromatic carbocycles. The number of benzene rings is 1. The summed E-state index contributed by atoms with van der Waals surface area (Å²) in [7, 11) is 0. The summed E-state index contributed by atoms with van der Waals surface area (Å²) in [5.41, 5.74) is 1.35. The Balaban J connectivity index is 2.05. The summed E-state index contributed by atoms with van der Waals surface area (Å²) < 4.78 is 13.9. The molecular weight excluding hydrogens is 281 g/mol. The van der Waals surface area contributed by atoms with Crippen LogP contribution in [0, 0.1) is 5.82 Å². The number of aromatic nitrogens is 2. The molecular formula is C17H22FN3O. The van der Waals surface area contributed by atoms with Crippen molar-refractivity contribution in [2.45, 2.75) is 39.0 Å². The molecule has 0 spiro atoms. The molecule has 0 aliphatic heterocycles. The summed E-state index contributed by atoms with van der Waals surface area (Å²) >= 11 is 0. The monoisotopic (exact) mass is 303 g/mol. The van der Waals surface area contributed by atoms with Crippen LogP contribution in [0.5, 0.6) is 0 Å². The molecule has 2 N–H and O–H groups in total. The van der Waals surface area contributed by atoms with Crippen LogP contribution in [0.4, 0.5) is 4.39 Å². The highest BCUT2D eigenvalue weighted by molar-refractivity contribution is 5.92. The first-order valence-corrected chi connectivity index (χ1v) is 7.40. The minimum Gasteiger partial charge on any atom is -0.350 e. The van der Waals surface area contributed by atoms with Crippen LogP contribution in [0.15, 0.2) is 30.3 Å². The Labute approximate surface area is 130 Å². The van der Waals surface area contributed by atoms with Crippen LogP contribution < -0.4 is 5.32 Å². The van der Waals surface area contributed by atoms with E-state index < -0.39 is 5.41 Å². The van der Waals surface area contributed by atoms with Crippen molar-refractivity contribution in [3.05, 3.63) is 53.1 Å². The minimum atomic E-state index is -0.502. The largest absolute Gasteiger partial charge is 0.350 e. The lowest BCUT2D eigenvalue weighted by molar-refractivity contribution is 0.0940. The third-order valence-corrected chi connectivity index (χ3v) is 3.75. The zero-order chi connectivity index (χ0) is 16.3. The van der Waals surface area contributed by atoms with Gasteiger partial charge in [-0.05, 0) is 23.6 Å². The van der Waals surface area contributed by atoms with Crippen molar-refractivity contribution in [2.24, 2.45) is 0 Å². The van der Waals surface area contributed by atoms with Crippen molar-refractivity contribution < 1.29 is 9.18 Å². The molecule has 22 heavy (non-hydrogen) atoms. The molecule has 0 aliphatic carbocycles. The lowest BCUT2D eigenvalue weighted by Gasteiger charge is -2.25. The van der Waals surface area contributed by atoms with Crippen molar-refractivity contribution >= 4 is 5.91 Å². The Kier molecular flexibility index (Phi) is 4.64. The van der Waals surface area contributed by atoms with Gasteiger partial charge in [-0.1, -0.05) is 45.9 Å². The second kappa shape index (κ2) is 6.30. The average molecular weight is 303 g/mol. The number of halogens is 1. The Morgan fingerprint density at radius 1 is 1.36 bits per heavy atom. The van der Waals surface area contributed by atoms with E-state index >= 15 is 0 Å². The van der Waals surface area contributed by atoms with Gasteiger partial charge >= 0.3 is 0 Å². The number of amides is 1. The number of aromatic amines is 1. The van der Waals surface area contributed by atoms with E-state index in [4.69, 9.17) is 0 Å². The van der Waals surface area contributed by atoms with Gasteiger partial charge in [-0.25, -0.2) is 4.39 Å². The maximum atomic E-state index is 13.9. The summed E-state index contributed by atoms with van der Waals surface area (Å²) in [6.45, 7) is 8.18. The molecule has 0 atom stereocenters. The van der Waals surface area contributed by atoms with Crippen molar-refractivity contribution in [3.63, 3.8) is 0 Å². The smallest absolute Gasteiger partial charge is 0.271 e. The van der Waals surface area contributed by atoms with E-state index in [1.165, 1.54) is 6.07 Å². The SMILES string of the molecule is CC(C)c1cc(C(=O)NCC(C)(C)c2ccccc2F)n[nH]1. The van der Waals surface area contributed by atoms with E-state index in [-0.39, 0.29) is 17.6 Å². The number of H-pyrrole nitrogens is 1. The second-order valence-corrected chi connectivity index (χ2v) is 6.41. The van der Waals surface area contributed by atoms with Crippen molar-refractivity contribution in [1.29, 1.82) is 0 Å². The van der Waals surface area contributed by atoms with Gasteiger partial charge in [-0.2, -0.15) is 5.10 Å². The Bertz CT molecular complexity index is 661. The molecule has 0 saturated carbocycles. The molecule has 0 aliphatic rings. The minimum absolute atomic E-state index is 0.257. The van der Waals surface area contributed by atoms with Gasteiger partial charge in [0, 0.05) is 17.7 Å². The van der Waals surface area contributed by atoms with Crippen molar-refractivity contribution in [1.82, 2.24) is 15.5 Å². The molecule has 0 fully saturated rings. The van der Waals surface area contributed by atoms with Gasteiger partial charge in [0.2, 0.25) is 0 Å². The molecule has 0 radical (unpaired) electrons. The topological polar surface area (TPSA) is 57.8 Å². The molecule has 2 rings (SSSR count). The molecule has 0 bridgehead atoms. The van der Waals surface area contributed by atoms with Gasteiger partial charge in [0.25, 0.3) is 5.91 Å². The van der Waals surface area contributed by atoms with E-state index in [1.807, 2.05) is 27.7 Å². The number of carbonyl (C=O) groups excluding carboxylic acids is 1. The van der Waals surface area contributed by atoms with Gasteiger partial charge in [-0.15, -0.1) is 0 Å². The standard InChI is InChI=1S/C17H22FN3O/c1-11(2)14-9-15(21-20-14)16(22)19-10-17(3,4)12-7-5-6-8-13(12)18/h5-9,11H,10H2,1-4H3,(H,19,22)(H,20,21). The average Bonchev–Trinajstić information content (AvgIpc) is 2.95. The first-order chi connectivity index (χ1) is 10.3. The van der Waals surface area contributed by atoms with E-state index in [2.05, 4.69) is 15.5 Å². The molecule has 1 amide bonds. The van der Waals surface area contributed by atoms with E-state index in [1.54, 1.807) is 24.3 Å². The number of rotatable bonds is 5. The van der Waals surface area contributed by atoms with Crippen LogP contribution in [0.1, 0.15) is 55.4 Å². The van der Waals surface area contributed by atoms with E-state index in [0.717, 1.165) is 5.69 Å². The Morgan fingerprint density at radius 2 is 2.05 bits per heavy atom. The molecule has 1 aromatic heterocycles. The highest BCUT2D eigenvalue weighted by atomic mass is 19.1. The summed E-state index contributed by atoms with van der Waals surface area (Å²) in [5.74, 6) is -0.236. The first kappa shape index (κ1) is 16.2. The van der Waals surface area contributed by atoms with Crippen LogP contribution in [0.2, 0.25) is 0 Å². The van der Waals surface area contributed by atoms with Gasteiger partial charge in [0.15, 0.2) is 0 Å². The second-order valence-electron chi connectivity index (χ2n) is 6.41. The third-order valence-electron chi connectivity index (χ3n) is 3.75. The van der Waals surface area contributed by atoms with Gasteiger partial charge in [0.1, 0.15) is 11.5 Å². The molecule has 118 valence electrons. The summed E-state index contributed by atoms with van der Waals surface area (Å²) in [4.78, 5) is 12.2. The van der Waals surface area contributed by atoms with Crippen LogP contribution >= 0.6 is 0 Å². The van der Waals surface area contributed by atoms with Crippen LogP contribution in [0.3, 0.4) is 0 Å². The number of hydrogen-bond acceptors (Lipinski definition) is 2. The van der Waals surface area contributed by atoms with Gasteiger partial charge in [0.05, 0.1) is 0 Å². The predicted octanol–water partition coefficient (Wildman–Crippen LogP) is 3.38. The number of nitrogens with one attached hydrogen (secondary N) is 2. The molecule has 5 heteroatoms. The lowest BCUT2D eigenvalue weighted by atomic mass is 9.84. The predicted molar refractivity (Wildman–Crippen MR) is 84.4 cm³/mol. The van der Waals surface area contributed by atoms with Crippen molar-refractivity contribution in [2.75, 3.05) is 6.54 Å². The Morgan fingerprint density at radius 3 is 2.64 bits per heavy atom. The zero-order valence-corrected chi connectivity index (χ0v) is 13.4. The molecule has 0 unspecified atom stereocenters. The highest BCUT2D eigenvalue weighted by Gasteiger charge is 2.25. The maximum absolute atomic E-state index is 13.9. The lowest BCUT2D eigenvalue weighted by Crippen LogP contribution is -2.37. The quantitative estimate of drug-likeness (QED) is 0.889. The van der Waals surface area contributed by atoms with Gasteiger partial charge in [-0.3, -0.25) is 9.89 Å². The third kappa shape index (κ3) is 3.53. The highest BCUT2D eigenvalue weighted by Crippen LogP contribution is 2.25. The molecule has 1 heterocycles. The maximum Gasteiger partial charge on any atom is 0.271 e. The van der Waals surface area contributed by atoms with Crippen molar-refractivity contribution in [3.8, 4) is 0 Å². The molecule has 4 nitrogen and oxygen atoms in total. The normalized spacial score (nSPS) is 11.7. The number of carbonyl (C=O) groups is 1. The summed E-state index contributed by atoms with van der Waals surface area (Å²) in [6.07, 6.45) is 0. The molecule has 0 saturated heterocycles. The van der Waals surface area contributed by atoms with Crippen LogP contribution in [-0.2, 0) is 5.41 Å². The molecule has 2 aromatic rings. The fourth-order valence-corrected chi connectivity index (χ4v) is 2.25. The van der Waals surface area contributed by atoms with Gasteiger partial charge < -0.3 is 5.32 Å². The zero-order valence-electron chi connectivity index (χ0n) is 13.4. The summed E-state index contributed by atoms with van der Waals surface area (Å²) in [5, 5.41) is 9.70. The van der Waals surface area contributed by atoms with Crippen LogP contribution in [0.25, 0.3) is 0 Å². The fourth-order valence-electron chi connectivity index (χ4n) is 2.25. The summed E-state index contributed by atoms with van der Waals surface area (Å²) in [6, 6.07) is 8.37. The van der Waals surface area contributed by atoms with E-state index in [0.29, 0.717) is 17.8 Å². The van der Waals surface area contributed by atoms with Crippen LogP contribution in [-0.4, -0.2) is 22.6 Å². The Hall–Kier alpha value is -2.17. The first-order valence-electron chi connectivity index (χ1n) is 7.40. The number of hydrogen-bond donors (Lipinski definition) is 2. The fraction of sp³-hybridized carbons (Fsp3) is 0.412. The van der Waals surface area contributed by atoms with E-state index in [9.17, 15) is 9.18 Å².